The fraction of sp³-hybridized carbons (Fsp3) is 0.375. The van der Waals surface area contributed by atoms with Crippen LogP contribution in [-0.4, -0.2) is 63.4 Å². The second kappa shape index (κ2) is 8.36. The number of carbonyl (C=O) groups excluding carboxylic acids is 1. The van der Waals surface area contributed by atoms with Crippen LogP contribution in [0.5, 0.6) is 0 Å². The van der Waals surface area contributed by atoms with Crippen molar-refractivity contribution >= 4 is 23.2 Å². The summed E-state index contributed by atoms with van der Waals surface area (Å²) in [4.78, 5) is 39.2. The standard InChI is InChI=1S/C16H20N8O3/c1-2-22-7-9-23(10-8-22)15-13(24(26)27)14(18-11-19-15)20-21-16(25)12-3-5-17-6-4-12/h3-6,11H,2,7-10H2,1H3,(H,21,25)(H,18,19,20). The van der Waals surface area contributed by atoms with Gasteiger partial charge in [0.2, 0.25) is 11.6 Å². The molecule has 11 heteroatoms. The van der Waals surface area contributed by atoms with Crippen LogP contribution in [0.25, 0.3) is 0 Å². The normalized spacial score (nSPS) is 14.6. The number of rotatable bonds is 6. The molecule has 3 rings (SSSR count). The minimum absolute atomic E-state index is 0.0645. The second-order valence-corrected chi connectivity index (χ2v) is 5.89. The zero-order valence-corrected chi connectivity index (χ0v) is 14.8. The molecule has 0 unspecified atom stereocenters. The van der Waals surface area contributed by atoms with E-state index in [1.807, 2.05) is 4.90 Å². The average Bonchev–Trinajstić information content (AvgIpc) is 2.72. The van der Waals surface area contributed by atoms with Crippen LogP contribution in [0.1, 0.15) is 17.3 Å². The van der Waals surface area contributed by atoms with Crippen LogP contribution >= 0.6 is 0 Å². The first-order valence-corrected chi connectivity index (χ1v) is 8.53. The van der Waals surface area contributed by atoms with E-state index in [0.29, 0.717) is 18.7 Å². The van der Waals surface area contributed by atoms with Gasteiger partial charge in [-0.2, -0.15) is 0 Å². The number of nitrogens with zero attached hydrogens (tertiary/aromatic N) is 6. The third-order valence-corrected chi connectivity index (χ3v) is 4.34. The highest BCUT2D eigenvalue weighted by Crippen LogP contribution is 2.31. The highest BCUT2D eigenvalue weighted by Gasteiger charge is 2.29. The van der Waals surface area contributed by atoms with Crippen LogP contribution in [0, 0.1) is 10.1 Å². The highest BCUT2D eigenvalue weighted by atomic mass is 16.6. The van der Waals surface area contributed by atoms with Crippen molar-refractivity contribution in [2.24, 2.45) is 0 Å². The van der Waals surface area contributed by atoms with Gasteiger partial charge >= 0.3 is 5.69 Å². The molecule has 0 saturated carbocycles. The van der Waals surface area contributed by atoms with Crippen LogP contribution < -0.4 is 15.8 Å². The molecule has 0 bridgehead atoms. The van der Waals surface area contributed by atoms with Crippen molar-refractivity contribution in [2.45, 2.75) is 6.92 Å². The quantitative estimate of drug-likeness (QED) is 0.555. The third-order valence-electron chi connectivity index (χ3n) is 4.34. The van der Waals surface area contributed by atoms with E-state index in [9.17, 15) is 14.9 Å². The topological polar surface area (TPSA) is 129 Å². The van der Waals surface area contributed by atoms with Gasteiger partial charge in [-0.15, -0.1) is 0 Å². The zero-order chi connectivity index (χ0) is 19.2. The summed E-state index contributed by atoms with van der Waals surface area (Å²) in [5.41, 5.74) is 5.06. The van der Waals surface area contributed by atoms with Crippen LogP contribution in [0.4, 0.5) is 17.3 Å². The van der Waals surface area contributed by atoms with E-state index in [1.54, 1.807) is 0 Å². The summed E-state index contributed by atoms with van der Waals surface area (Å²) in [7, 11) is 0. The maximum atomic E-state index is 12.1. The molecule has 0 radical (unpaired) electrons. The Labute approximate surface area is 155 Å². The van der Waals surface area contributed by atoms with Crippen LogP contribution in [-0.2, 0) is 0 Å². The number of likely N-dealkylation sites (N-methyl/N-ethyl adjacent to an activating group) is 1. The number of nitrogens with one attached hydrogen (secondary N) is 2. The number of nitro groups is 1. The summed E-state index contributed by atoms with van der Waals surface area (Å²) >= 11 is 0. The first kappa shape index (κ1) is 18.5. The molecule has 1 amide bonds. The molecule has 2 N–H and O–H groups in total. The van der Waals surface area contributed by atoms with E-state index < -0.39 is 10.8 Å². The molecule has 27 heavy (non-hydrogen) atoms. The van der Waals surface area contributed by atoms with Gasteiger partial charge in [-0.1, -0.05) is 6.92 Å². The van der Waals surface area contributed by atoms with Crippen LogP contribution in [0.15, 0.2) is 30.9 Å². The SMILES string of the molecule is CCN1CCN(c2ncnc(NNC(=O)c3ccncc3)c2[N+](=O)[O-])CC1. The summed E-state index contributed by atoms with van der Waals surface area (Å²) in [6.07, 6.45) is 4.21. The van der Waals surface area contributed by atoms with Gasteiger partial charge < -0.3 is 9.80 Å². The number of piperazine rings is 1. The Balaban J connectivity index is 1.78. The molecule has 0 aliphatic carbocycles. The Morgan fingerprint density at radius 3 is 2.56 bits per heavy atom. The first-order valence-electron chi connectivity index (χ1n) is 8.53. The van der Waals surface area contributed by atoms with E-state index in [1.165, 1.54) is 30.9 Å². The van der Waals surface area contributed by atoms with E-state index in [-0.39, 0.29) is 17.3 Å². The lowest BCUT2D eigenvalue weighted by Gasteiger charge is -2.34. The lowest BCUT2D eigenvalue weighted by atomic mass is 10.2. The van der Waals surface area contributed by atoms with E-state index in [4.69, 9.17) is 0 Å². The molecule has 0 aromatic carbocycles. The van der Waals surface area contributed by atoms with Gasteiger partial charge in [0.05, 0.1) is 4.92 Å². The number of hydrogen-bond acceptors (Lipinski definition) is 9. The Morgan fingerprint density at radius 1 is 1.22 bits per heavy atom. The maximum absolute atomic E-state index is 12.1. The molecular formula is C16H20N8O3. The summed E-state index contributed by atoms with van der Waals surface area (Å²) in [5.74, 6) is -0.278. The fourth-order valence-corrected chi connectivity index (χ4v) is 2.83. The van der Waals surface area contributed by atoms with Crippen molar-refractivity contribution in [1.29, 1.82) is 0 Å². The minimum atomic E-state index is -0.539. The van der Waals surface area contributed by atoms with Crippen molar-refractivity contribution in [1.82, 2.24) is 25.3 Å². The van der Waals surface area contributed by atoms with Crippen molar-refractivity contribution in [3.05, 3.63) is 46.5 Å². The lowest BCUT2D eigenvalue weighted by Crippen LogP contribution is -2.46. The smallest absolute Gasteiger partial charge is 0.348 e. The molecule has 0 atom stereocenters. The molecule has 1 aliphatic heterocycles. The third kappa shape index (κ3) is 4.26. The van der Waals surface area contributed by atoms with Gasteiger partial charge in [0.15, 0.2) is 0 Å². The molecule has 0 spiro atoms. The predicted molar refractivity (Wildman–Crippen MR) is 98.3 cm³/mol. The molecule has 2 aromatic heterocycles. The molecule has 142 valence electrons. The van der Waals surface area contributed by atoms with E-state index >= 15 is 0 Å². The summed E-state index contributed by atoms with van der Waals surface area (Å²) < 4.78 is 0. The van der Waals surface area contributed by atoms with Gasteiger partial charge in [-0.05, 0) is 18.7 Å². The Hall–Kier alpha value is -3.34. The second-order valence-electron chi connectivity index (χ2n) is 5.89. The number of hydrogen-bond donors (Lipinski definition) is 2. The monoisotopic (exact) mass is 372 g/mol. The van der Waals surface area contributed by atoms with Crippen LogP contribution in [0.3, 0.4) is 0 Å². The Morgan fingerprint density at radius 2 is 1.93 bits per heavy atom. The van der Waals surface area contributed by atoms with Crippen molar-refractivity contribution in [2.75, 3.05) is 43.0 Å². The molecule has 3 heterocycles. The fourth-order valence-electron chi connectivity index (χ4n) is 2.83. The first-order chi connectivity index (χ1) is 13.1. The van der Waals surface area contributed by atoms with Gasteiger partial charge in [0.1, 0.15) is 6.33 Å². The van der Waals surface area contributed by atoms with Crippen molar-refractivity contribution in [3.8, 4) is 0 Å². The molecule has 1 fully saturated rings. The maximum Gasteiger partial charge on any atom is 0.355 e. The minimum Gasteiger partial charge on any atom is -0.348 e. The highest BCUT2D eigenvalue weighted by molar-refractivity contribution is 5.94. The number of pyridine rings is 1. The molecular weight excluding hydrogens is 352 g/mol. The largest absolute Gasteiger partial charge is 0.355 e. The van der Waals surface area contributed by atoms with Crippen molar-refractivity contribution < 1.29 is 9.72 Å². The molecule has 2 aromatic rings. The number of amides is 1. The summed E-state index contributed by atoms with van der Waals surface area (Å²) in [6.45, 7) is 5.89. The number of aromatic nitrogens is 3. The summed E-state index contributed by atoms with van der Waals surface area (Å²) in [6, 6.07) is 3.06. The molecule has 11 nitrogen and oxygen atoms in total. The Kier molecular flexibility index (Phi) is 5.71. The van der Waals surface area contributed by atoms with Gasteiger partial charge in [0.25, 0.3) is 5.91 Å². The molecule has 1 aliphatic rings. The zero-order valence-electron chi connectivity index (χ0n) is 14.8. The predicted octanol–water partition coefficient (Wildman–Crippen LogP) is 0.679. The van der Waals surface area contributed by atoms with Gasteiger partial charge in [0, 0.05) is 44.1 Å². The lowest BCUT2D eigenvalue weighted by molar-refractivity contribution is -0.383. The van der Waals surface area contributed by atoms with Gasteiger partial charge in [-0.25, -0.2) is 9.97 Å². The average molecular weight is 372 g/mol. The van der Waals surface area contributed by atoms with Gasteiger partial charge in [-0.3, -0.25) is 30.7 Å². The van der Waals surface area contributed by atoms with E-state index in [0.717, 1.165) is 19.6 Å². The van der Waals surface area contributed by atoms with Crippen molar-refractivity contribution in [3.63, 3.8) is 0 Å². The molecule has 1 saturated heterocycles. The number of hydrazine groups is 1. The Bertz CT molecular complexity index is 809. The summed E-state index contributed by atoms with van der Waals surface area (Å²) in [5, 5.41) is 11.6. The number of carbonyl (C=O) groups is 1. The van der Waals surface area contributed by atoms with Crippen LogP contribution in [0.2, 0.25) is 0 Å². The number of anilines is 2. The van der Waals surface area contributed by atoms with E-state index in [2.05, 4.69) is 37.6 Å².